The van der Waals surface area contributed by atoms with Crippen molar-refractivity contribution >= 4 is 21.8 Å². The first-order valence-electron chi connectivity index (χ1n) is 6.76. The van der Waals surface area contributed by atoms with Gasteiger partial charge in [-0.15, -0.1) is 0 Å². The zero-order valence-electron chi connectivity index (χ0n) is 12.2. The molecule has 0 fully saturated rings. The Morgan fingerprint density at radius 1 is 1.12 bits per heavy atom. The number of carbonyl (C=O) groups excluding carboxylic acids is 1. The third kappa shape index (κ3) is 5.23. The Morgan fingerprint density at radius 2 is 1.79 bits per heavy atom. The largest absolute Gasteiger partial charge is 0.484 e. The maximum atomic E-state index is 13.0. The summed E-state index contributed by atoms with van der Waals surface area (Å²) < 4.78 is 57.6. The van der Waals surface area contributed by atoms with E-state index in [4.69, 9.17) is 4.74 Å². The number of alkyl halides is 3. The third-order valence-corrected chi connectivity index (χ3v) is 3.57. The van der Waals surface area contributed by atoms with Crippen LogP contribution in [0.5, 0.6) is 5.75 Å². The van der Waals surface area contributed by atoms with Crippen LogP contribution in [0, 0.1) is 5.82 Å². The lowest BCUT2D eigenvalue weighted by Gasteiger charge is -2.14. The average molecular weight is 406 g/mol. The summed E-state index contributed by atoms with van der Waals surface area (Å²) in [6, 6.07) is 9.03. The van der Waals surface area contributed by atoms with Gasteiger partial charge in [-0.05, 0) is 42.0 Å². The number of rotatable bonds is 5. The van der Waals surface area contributed by atoms with E-state index in [1.54, 1.807) is 24.3 Å². The summed E-state index contributed by atoms with van der Waals surface area (Å²) in [6.45, 7) is -0.720. The Hall–Kier alpha value is -2.09. The van der Waals surface area contributed by atoms with E-state index in [0.717, 1.165) is 16.6 Å². The number of nitrogens with one attached hydrogen (secondary N) is 1. The van der Waals surface area contributed by atoms with Crippen LogP contribution < -0.4 is 10.1 Å². The van der Waals surface area contributed by atoms with Crippen molar-refractivity contribution in [3.8, 4) is 5.75 Å². The Morgan fingerprint density at radius 3 is 2.42 bits per heavy atom. The molecule has 0 aliphatic carbocycles. The van der Waals surface area contributed by atoms with Gasteiger partial charge in [-0.25, -0.2) is 4.39 Å². The van der Waals surface area contributed by atoms with Gasteiger partial charge in [0.05, 0.1) is 5.56 Å². The topological polar surface area (TPSA) is 38.3 Å². The zero-order chi connectivity index (χ0) is 17.7. The van der Waals surface area contributed by atoms with E-state index in [2.05, 4.69) is 21.2 Å². The Kier molecular flexibility index (Phi) is 5.82. The Balaban J connectivity index is 1.93. The second kappa shape index (κ2) is 7.65. The second-order valence-corrected chi connectivity index (χ2v) is 5.73. The van der Waals surface area contributed by atoms with Crippen molar-refractivity contribution in [2.45, 2.75) is 12.7 Å². The van der Waals surface area contributed by atoms with Crippen LogP contribution in [0.4, 0.5) is 17.6 Å². The van der Waals surface area contributed by atoms with E-state index >= 15 is 0 Å². The quantitative estimate of drug-likeness (QED) is 0.753. The maximum Gasteiger partial charge on any atom is 0.416 e. The highest BCUT2D eigenvalue weighted by molar-refractivity contribution is 9.10. The molecule has 0 radical (unpaired) electrons. The third-order valence-electron chi connectivity index (χ3n) is 3.04. The lowest BCUT2D eigenvalue weighted by molar-refractivity contribution is -0.138. The van der Waals surface area contributed by atoms with Gasteiger partial charge in [-0.2, -0.15) is 13.2 Å². The van der Waals surface area contributed by atoms with Crippen molar-refractivity contribution in [2.75, 3.05) is 6.61 Å². The van der Waals surface area contributed by atoms with Crippen LogP contribution in [0.3, 0.4) is 0 Å². The van der Waals surface area contributed by atoms with Gasteiger partial charge in [0.25, 0.3) is 5.91 Å². The van der Waals surface area contributed by atoms with Crippen LogP contribution in [0.25, 0.3) is 0 Å². The summed E-state index contributed by atoms with van der Waals surface area (Å²) in [4.78, 5) is 11.7. The molecule has 1 N–H and O–H groups in total. The standard InChI is InChI=1S/C16H12BrF4NO2/c17-11-2-5-13(6-3-11)24-9-15(23)22-8-10-1-4-12(18)7-14(10)16(19,20)21/h1-7H,8-9H2,(H,22,23). The highest BCUT2D eigenvalue weighted by Crippen LogP contribution is 2.32. The first kappa shape index (κ1) is 18.3. The molecular formula is C16H12BrF4NO2. The van der Waals surface area contributed by atoms with Gasteiger partial charge in [0.15, 0.2) is 6.61 Å². The van der Waals surface area contributed by atoms with E-state index in [-0.39, 0.29) is 18.7 Å². The highest BCUT2D eigenvalue weighted by atomic mass is 79.9. The summed E-state index contributed by atoms with van der Waals surface area (Å²) in [5.74, 6) is -1.13. The van der Waals surface area contributed by atoms with Gasteiger partial charge in [-0.3, -0.25) is 4.79 Å². The summed E-state index contributed by atoms with van der Waals surface area (Å²) in [5.41, 5.74) is -1.34. The van der Waals surface area contributed by atoms with E-state index in [1.807, 2.05) is 0 Å². The molecule has 8 heteroatoms. The second-order valence-electron chi connectivity index (χ2n) is 4.82. The fourth-order valence-corrected chi connectivity index (χ4v) is 2.16. The molecule has 3 nitrogen and oxygen atoms in total. The lowest BCUT2D eigenvalue weighted by atomic mass is 10.1. The first-order chi connectivity index (χ1) is 11.3. The number of hydrogen-bond acceptors (Lipinski definition) is 2. The van der Waals surface area contributed by atoms with Gasteiger partial charge in [0, 0.05) is 11.0 Å². The lowest BCUT2D eigenvalue weighted by Crippen LogP contribution is -2.29. The van der Waals surface area contributed by atoms with Crippen molar-refractivity contribution in [1.29, 1.82) is 0 Å². The van der Waals surface area contributed by atoms with Crippen LogP contribution in [-0.2, 0) is 17.5 Å². The van der Waals surface area contributed by atoms with E-state index < -0.39 is 23.5 Å². The normalized spacial score (nSPS) is 11.2. The molecule has 0 saturated heterocycles. The molecule has 0 spiro atoms. The maximum absolute atomic E-state index is 13.0. The van der Waals surface area contributed by atoms with E-state index in [9.17, 15) is 22.4 Å². The highest BCUT2D eigenvalue weighted by Gasteiger charge is 2.33. The van der Waals surface area contributed by atoms with Crippen molar-refractivity contribution in [3.63, 3.8) is 0 Å². The molecule has 0 aliphatic rings. The molecule has 0 unspecified atom stereocenters. The predicted molar refractivity (Wildman–Crippen MR) is 82.9 cm³/mol. The van der Waals surface area contributed by atoms with Crippen LogP contribution in [0.1, 0.15) is 11.1 Å². The first-order valence-corrected chi connectivity index (χ1v) is 7.55. The van der Waals surface area contributed by atoms with Gasteiger partial charge >= 0.3 is 6.18 Å². The van der Waals surface area contributed by atoms with Crippen molar-refractivity contribution in [3.05, 3.63) is 63.9 Å². The molecular weight excluding hydrogens is 394 g/mol. The van der Waals surface area contributed by atoms with E-state index in [0.29, 0.717) is 11.8 Å². The summed E-state index contributed by atoms with van der Waals surface area (Å²) in [5, 5.41) is 2.32. The van der Waals surface area contributed by atoms with Gasteiger partial charge < -0.3 is 10.1 Å². The number of carbonyl (C=O) groups is 1. The van der Waals surface area contributed by atoms with Crippen LogP contribution in [0.2, 0.25) is 0 Å². The number of halogens is 5. The predicted octanol–water partition coefficient (Wildman–Crippen LogP) is 4.30. The average Bonchev–Trinajstić information content (AvgIpc) is 2.52. The molecule has 0 bridgehead atoms. The minimum absolute atomic E-state index is 0.221. The fourth-order valence-electron chi connectivity index (χ4n) is 1.89. The molecule has 24 heavy (non-hydrogen) atoms. The monoisotopic (exact) mass is 405 g/mol. The minimum atomic E-state index is -4.70. The Labute approximate surface area is 143 Å². The fraction of sp³-hybridized carbons (Fsp3) is 0.188. The molecule has 2 aromatic carbocycles. The number of benzene rings is 2. The Bertz CT molecular complexity index is 717. The number of ether oxygens (including phenoxy) is 1. The molecule has 0 saturated carbocycles. The molecule has 0 atom stereocenters. The van der Waals surface area contributed by atoms with Crippen LogP contribution in [-0.4, -0.2) is 12.5 Å². The molecule has 2 rings (SSSR count). The van der Waals surface area contributed by atoms with Crippen molar-refractivity contribution < 1.29 is 27.1 Å². The van der Waals surface area contributed by atoms with Gasteiger partial charge in [-0.1, -0.05) is 22.0 Å². The van der Waals surface area contributed by atoms with E-state index in [1.165, 1.54) is 0 Å². The summed E-state index contributed by atoms with van der Waals surface area (Å²) in [7, 11) is 0. The SMILES string of the molecule is O=C(COc1ccc(Br)cc1)NCc1ccc(F)cc1C(F)(F)F. The summed E-state index contributed by atoms with van der Waals surface area (Å²) in [6.07, 6.45) is -4.70. The minimum Gasteiger partial charge on any atom is -0.484 e. The smallest absolute Gasteiger partial charge is 0.416 e. The van der Waals surface area contributed by atoms with Crippen LogP contribution >= 0.6 is 15.9 Å². The zero-order valence-corrected chi connectivity index (χ0v) is 13.7. The molecule has 128 valence electrons. The molecule has 2 aromatic rings. The van der Waals surface area contributed by atoms with Gasteiger partial charge in [0.2, 0.25) is 0 Å². The molecule has 0 heterocycles. The molecule has 1 amide bonds. The van der Waals surface area contributed by atoms with Gasteiger partial charge in [0.1, 0.15) is 11.6 Å². The summed E-state index contributed by atoms with van der Waals surface area (Å²) >= 11 is 3.25. The van der Waals surface area contributed by atoms with Crippen molar-refractivity contribution in [2.24, 2.45) is 0 Å². The van der Waals surface area contributed by atoms with Crippen molar-refractivity contribution in [1.82, 2.24) is 5.32 Å². The number of hydrogen-bond donors (Lipinski definition) is 1. The number of amides is 1. The molecule has 0 aromatic heterocycles. The molecule has 0 aliphatic heterocycles. The van der Waals surface area contributed by atoms with Crippen LogP contribution in [0.15, 0.2) is 46.9 Å².